The summed E-state index contributed by atoms with van der Waals surface area (Å²) in [6, 6.07) is 14.3. The fourth-order valence-corrected chi connectivity index (χ4v) is 4.40. The quantitative estimate of drug-likeness (QED) is 0.869. The Labute approximate surface area is 142 Å². The molecule has 0 heterocycles. The van der Waals surface area contributed by atoms with Crippen LogP contribution in [0.5, 0.6) is 0 Å². The molecular formula is C18H21FN2O2S. The number of nitrogens with one attached hydrogen (secondary N) is 2. The van der Waals surface area contributed by atoms with Gasteiger partial charge in [0.05, 0.1) is 4.90 Å². The summed E-state index contributed by atoms with van der Waals surface area (Å²) in [5.41, 5.74) is 0.798. The molecule has 0 aliphatic heterocycles. The van der Waals surface area contributed by atoms with Crippen LogP contribution in [-0.2, 0) is 10.0 Å². The van der Waals surface area contributed by atoms with Crippen LogP contribution in [0.3, 0.4) is 0 Å². The van der Waals surface area contributed by atoms with Crippen LogP contribution in [0.15, 0.2) is 59.5 Å². The van der Waals surface area contributed by atoms with E-state index in [1.54, 1.807) is 42.5 Å². The molecule has 1 aliphatic rings. The minimum Gasteiger partial charge on any atom is -0.381 e. The standard InChI is InChI=1S/C18H21FN2O2S/c19-14-10-12-15(13-11-14)20-17-8-4-5-9-18(17)21-24(22,23)16-6-2-1-3-7-16/h1-3,6-7,10-13,17-18,20-21H,4-5,8-9H2/t17-,18-/m0/s1. The van der Waals surface area contributed by atoms with Gasteiger partial charge in [0.15, 0.2) is 0 Å². The zero-order valence-electron chi connectivity index (χ0n) is 13.3. The second kappa shape index (κ2) is 7.32. The van der Waals surface area contributed by atoms with E-state index in [1.165, 1.54) is 12.1 Å². The van der Waals surface area contributed by atoms with Crippen LogP contribution in [0, 0.1) is 5.82 Å². The van der Waals surface area contributed by atoms with Crippen LogP contribution in [0.4, 0.5) is 10.1 Å². The molecule has 0 spiro atoms. The SMILES string of the molecule is O=S(=O)(N[C@H]1CCCC[C@@H]1Nc1ccc(F)cc1)c1ccccc1. The molecule has 1 saturated carbocycles. The summed E-state index contributed by atoms with van der Waals surface area (Å²) < 4.78 is 41.0. The molecule has 24 heavy (non-hydrogen) atoms. The Morgan fingerprint density at radius 3 is 2.17 bits per heavy atom. The summed E-state index contributed by atoms with van der Waals surface area (Å²) >= 11 is 0. The summed E-state index contributed by atoms with van der Waals surface area (Å²) in [6.07, 6.45) is 3.69. The van der Waals surface area contributed by atoms with E-state index in [4.69, 9.17) is 0 Å². The minimum atomic E-state index is -3.54. The lowest BCUT2D eigenvalue weighted by Crippen LogP contribution is -2.48. The lowest BCUT2D eigenvalue weighted by atomic mass is 9.91. The predicted octanol–water partition coefficient (Wildman–Crippen LogP) is 3.53. The van der Waals surface area contributed by atoms with Gasteiger partial charge in [0.1, 0.15) is 5.82 Å². The van der Waals surface area contributed by atoms with Crippen molar-refractivity contribution in [2.24, 2.45) is 0 Å². The third-order valence-electron chi connectivity index (χ3n) is 4.32. The molecule has 0 amide bonds. The van der Waals surface area contributed by atoms with Gasteiger partial charge in [-0.3, -0.25) is 0 Å². The molecule has 0 aromatic heterocycles. The van der Waals surface area contributed by atoms with Crippen molar-refractivity contribution in [2.75, 3.05) is 5.32 Å². The van der Waals surface area contributed by atoms with E-state index < -0.39 is 10.0 Å². The zero-order valence-corrected chi connectivity index (χ0v) is 14.1. The van der Waals surface area contributed by atoms with Crippen LogP contribution in [0.1, 0.15) is 25.7 Å². The Bertz CT molecular complexity index is 763. The highest BCUT2D eigenvalue weighted by atomic mass is 32.2. The summed E-state index contributed by atoms with van der Waals surface area (Å²) in [5, 5.41) is 3.34. The van der Waals surface area contributed by atoms with E-state index in [1.807, 2.05) is 0 Å². The van der Waals surface area contributed by atoms with Crippen LogP contribution < -0.4 is 10.0 Å². The number of anilines is 1. The van der Waals surface area contributed by atoms with Crippen LogP contribution in [-0.4, -0.2) is 20.5 Å². The molecule has 2 aromatic rings. The highest BCUT2D eigenvalue weighted by molar-refractivity contribution is 7.89. The van der Waals surface area contributed by atoms with Gasteiger partial charge in [-0.1, -0.05) is 31.0 Å². The van der Waals surface area contributed by atoms with Gasteiger partial charge in [-0.25, -0.2) is 17.5 Å². The van der Waals surface area contributed by atoms with Gasteiger partial charge in [0, 0.05) is 17.8 Å². The number of halogens is 1. The Morgan fingerprint density at radius 1 is 0.875 bits per heavy atom. The molecule has 2 atom stereocenters. The molecule has 128 valence electrons. The van der Waals surface area contributed by atoms with E-state index >= 15 is 0 Å². The predicted molar refractivity (Wildman–Crippen MR) is 92.8 cm³/mol. The van der Waals surface area contributed by atoms with Crippen LogP contribution in [0.25, 0.3) is 0 Å². The molecule has 2 aromatic carbocycles. The lowest BCUT2D eigenvalue weighted by molar-refractivity contribution is 0.378. The maximum Gasteiger partial charge on any atom is 0.240 e. The van der Waals surface area contributed by atoms with Crippen molar-refractivity contribution < 1.29 is 12.8 Å². The molecule has 4 nitrogen and oxygen atoms in total. The van der Waals surface area contributed by atoms with Crippen molar-refractivity contribution in [1.82, 2.24) is 4.72 Å². The first-order chi connectivity index (χ1) is 11.5. The molecule has 2 N–H and O–H groups in total. The average Bonchev–Trinajstić information content (AvgIpc) is 2.59. The number of hydrogen-bond acceptors (Lipinski definition) is 3. The maximum atomic E-state index is 13.0. The van der Waals surface area contributed by atoms with Gasteiger partial charge in [0.25, 0.3) is 0 Å². The molecule has 0 bridgehead atoms. The largest absolute Gasteiger partial charge is 0.381 e. The summed E-state index contributed by atoms with van der Waals surface area (Å²) in [7, 11) is -3.54. The summed E-state index contributed by atoms with van der Waals surface area (Å²) in [5.74, 6) is -0.287. The van der Waals surface area contributed by atoms with Crippen molar-refractivity contribution in [3.05, 3.63) is 60.4 Å². The van der Waals surface area contributed by atoms with Crippen LogP contribution in [0.2, 0.25) is 0 Å². The van der Waals surface area contributed by atoms with Crippen molar-refractivity contribution in [3.8, 4) is 0 Å². The fourth-order valence-electron chi connectivity index (χ4n) is 3.07. The monoisotopic (exact) mass is 348 g/mol. The minimum absolute atomic E-state index is 0.0114. The summed E-state index contributed by atoms with van der Waals surface area (Å²) in [6.45, 7) is 0. The van der Waals surface area contributed by atoms with E-state index in [9.17, 15) is 12.8 Å². The van der Waals surface area contributed by atoms with Crippen molar-refractivity contribution in [2.45, 2.75) is 42.7 Å². The first kappa shape index (κ1) is 16.9. The van der Waals surface area contributed by atoms with E-state index in [-0.39, 0.29) is 22.8 Å². The first-order valence-corrected chi connectivity index (χ1v) is 9.62. The molecule has 3 rings (SSSR count). The number of rotatable bonds is 5. The third kappa shape index (κ3) is 4.13. The van der Waals surface area contributed by atoms with E-state index in [0.29, 0.717) is 0 Å². The second-order valence-corrected chi connectivity index (χ2v) is 7.80. The van der Waals surface area contributed by atoms with Gasteiger partial charge in [0.2, 0.25) is 10.0 Å². The Balaban J connectivity index is 1.74. The molecule has 1 fully saturated rings. The van der Waals surface area contributed by atoms with Crippen LogP contribution >= 0.6 is 0 Å². The Morgan fingerprint density at radius 2 is 1.50 bits per heavy atom. The topological polar surface area (TPSA) is 58.2 Å². The fraction of sp³-hybridized carbons (Fsp3) is 0.333. The van der Waals surface area contributed by atoms with Gasteiger partial charge < -0.3 is 5.32 Å². The highest BCUT2D eigenvalue weighted by Gasteiger charge is 2.29. The Kier molecular flexibility index (Phi) is 5.16. The van der Waals surface area contributed by atoms with Crippen molar-refractivity contribution >= 4 is 15.7 Å². The molecular weight excluding hydrogens is 327 g/mol. The van der Waals surface area contributed by atoms with Gasteiger partial charge >= 0.3 is 0 Å². The molecule has 0 saturated heterocycles. The number of benzene rings is 2. The van der Waals surface area contributed by atoms with Gasteiger partial charge in [-0.05, 0) is 49.2 Å². The average molecular weight is 348 g/mol. The maximum absolute atomic E-state index is 13.0. The van der Waals surface area contributed by atoms with Crippen molar-refractivity contribution in [3.63, 3.8) is 0 Å². The third-order valence-corrected chi connectivity index (χ3v) is 5.83. The highest BCUT2D eigenvalue weighted by Crippen LogP contribution is 2.24. The van der Waals surface area contributed by atoms with E-state index in [0.717, 1.165) is 31.4 Å². The number of sulfonamides is 1. The van der Waals surface area contributed by atoms with Crippen molar-refractivity contribution in [1.29, 1.82) is 0 Å². The first-order valence-electron chi connectivity index (χ1n) is 8.14. The smallest absolute Gasteiger partial charge is 0.240 e. The van der Waals surface area contributed by atoms with Gasteiger partial charge in [-0.2, -0.15) is 0 Å². The molecule has 6 heteroatoms. The molecule has 1 aliphatic carbocycles. The summed E-state index contributed by atoms with van der Waals surface area (Å²) in [4.78, 5) is 0.274. The molecule has 0 unspecified atom stereocenters. The molecule has 0 radical (unpaired) electrons. The zero-order chi connectivity index (χ0) is 17.0. The number of hydrogen-bond donors (Lipinski definition) is 2. The Hall–Kier alpha value is -1.92. The second-order valence-electron chi connectivity index (χ2n) is 6.08. The van der Waals surface area contributed by atoms with E-state index in [2.05, 4.69) is 10.0 Å². The lowest BCUT2D eigenvalue weighted by Gasteiger charge is -2.33. The normalized spacial score (nSPS) is 21.4. The van der Waals surface area contributed by atoms with Gasteiger partial charge in [-0.15, -0.1) is 0 Å².